The maximum atomic E-state index is 8.33. The van der Waals surface area contributed by atoms with Gasteiger partial charge in [0.25, 0.3) is 0 Å². The van der Waals surface area contributed by atoms with Crippen molar-refractivity contribution in [1.82, 2.24) is 4.98 Å². The number of nitriles is 1. The first-order chi connectivity index (χ1) is 6.27. The third-order valence-electron chi connectivity index (χ3n) is 1.59. The van der Waals surface area contributed by atoms with E-state index < -0.39 is 0 Å². The fourth-order valence-electron chi connectivity index (χ4n) is 0.896. The van der Waals surface area contributed by atoms with Crippen LogP contribution in [0.1, 0.15) is 5.69 Å². The molecule has 0 saturated carbocycles. The fraction of sp³-hybridized carbons (Fsp3) is 0.222. The van der Waals surface area contributed by atoms with Crippen LogP contribution < -0.4 is 10.2 Å². The summed E-state index contributed by atoms with van der Waals surface area (Å²) in [6, 6.07) is 3.72. The van der Waals surface area contributed by atoms with Crippen LogP contribution in [0.15, 0.2) is 12.3 Å². The van der Waals surface area contributed by atoms with E-state index in [9.17, 15) is 0 Å². The molecule has 1 aromatic rings. The number of rotatable bonds is 3. The molecule has 0 spiro atoms. The summed E-state index contributed by atoms with van der Waals surface area (Å²) in [4.78, 5) is 4.10. The van der Waals surface area contributed by atoms with Crippen LogP contribution in [-0.2, 0) is 0 Å². The molecule has 0 saturated heterocycles. The van der Waals surface area contributed by atoms with Crippen molar-refractivity contribution in [2.45, 2.75) is 6.92 Å². The number of hydrogen-bond donors (Lipinski definition) is 0. The Morgan fingerprint density at radius 2 is 2.54 bits per heavy atom. The molecule has 0 N–H and O–H groups in total. The Labute approximate surface area is 77.9 Å². The summed E-state index contributed by atoms with van der Waals surface area (Å²) in [7, 11) is 0. The molecular weight excluding hydrogens is 163 g/mol. The Kier molecular flexibility index (Phi) is 3.21. The Morgan fingerprint density at radius 3 is 3.15 bits per heavy atom. The number of aryl methyl sites for hydroxylation is 1. The van der Waals surface area contributed by atoms with Crippen molar-refractivity contribution in [3.63, 3.8) is 0 Å². The number of hydrogen-bond acceptors (Lipinski definition) is 3. The van der Waals surface area contributed by atoms with Crippen LogP contribution in [0.4, 0.5) is 0 Å². The van der Waals surface area contributed by atoms with E-state index in [1.807, 2.05) is 19.1 Å². The van der Waals surface area contributed by atoms with Gasteiger partial charge in [0.1, 0.15) is 0 Å². The van der Waals surface area contributed by atoms with Crippen LogP contribution in [0.5, 0.6) is 5.75 Å². The second kappa shape index (κ2) is 4.41. The summed E-state index contributed by atoms with van der Waals surface area (Å²) in [5, 5.41) is 8.33. The molecule has 0 aliphatic carbocycles. The molecule has 0 aromatic carbocycles. The summed E-state index contributed by atoms with van der Waals surface area (Å²) in [6.07, 6.45) is 1.71. The molecule has 1 rings (SSSR count). The molecular formula is C9H9BN2O. The summed E-state index contributed by atoms with van der Waals surface area (Å²) in [5.41, 5.74) is 1.67. The van der Waals surface area contributed by atoms with Gasteiger partial charge in [-0.05, 0) is 0 Å². The first-order valence-electron chi connectivity index (χ1n) is 3.86. The monoisotopic (exact) mass is 172 g/mol. The van der Waals surface area contributed by atoms with Crippen molar-refractivity contribution < 1.29 is 4.74 Å². The molecule has 0 bridgehead atoms. The standard InChI is InChI=1S/C9H9BN2O/c1-7-9(13-4-3-11)5-8(10-2)6-12-7/h5-6H,2,4H2,1H3. The van der Waals surface area contributed by atoms with Gasteiger partial charge in [-0.1, -0.05) is 0 Å². The van der Waals surface area contributed by atoms with Crippen LogP contribution in [-0.4, -0.2) is 25.0 Å². The summed E-state index contributed by atoms with van der Waals surface area (Å²) in [6.45, 7) is 7.19. The zero-order chi connectivity index (χ0) is 9.68. The van der Waals surface area contributed by atoms with Gasteiger partial charge in [0, 0.05) is 0 Å². The first kappa shape index (κ1) is 9.46. The topological polar surface area (TPSA) is 45.9 Å². The number of nitrogens with zero attached hydrogens (tertiary/aromatic N) is 2. The third-order valence-corrected chi connectivity index (χ3v) is 1.59. The van der Waals surface area contributed by atoms with E-state index in [4.69, 9.17) is 10.00 Å². The van der Waals surface area contributed by atoms with E-state index in [0.29, 0.717) is 5.75 Å². The molecule has 4 heteroatoms. The van der Waals surface area contributed by atoms with Crippen LogP contribution in [0.25, 0.3) is 0 Å². The van der Waals surface area contributed by atoms with Crippen molar-refractivity contribution >= 4 is 18.9 Å². The predicted octanol–water partition coefficient (Wildman–Crippen LogP) is 0.0539. The number of ether oxygens (including phenoxy) is 1. The van der Waals surface area contributed by atoms with Gasteiger partial charge in [0.15, 0.2) is 0 Å². The summed E-state index contributed by atoms with van der Waals surface area (Å²) in [5.74, 6) is 0.638. The fourth-order valence-corrected chi connectivity index (χ4v) is 0.896. The van der Waals surface area contributed by atoms with Gasteiger partial charge in [-0.3, -0.25) is 0 Å². The average molecular weight is 172 g/mol. The number of aromatic nitrogens is 1. The van der Waals surface area contributed by atoms with Gasteiger partial charge < -0.3 is 0 Å². The molecule has 0 aliphatic rings. The zero-order valence-electron chi connectivity index (χ0n) is 7.45. The van der Waals surface area contributed by atoms with E-state index in [1.165, 1.54) is 0 Å². The average Bonchev–Trinajstić information content (AvgIpc) is 2.17. The second-order valence-corrected chi connectivity index (χ2v) is 2.50. The van der Waals surface area contributed by atoms with Crippen molar-refractivity contribution in [2.24, 2.45) is 0 Å². The Bertz CT molecular complexity index is 357. The van der Waals surface area contributed by atoms with Crippen molar-refractivity contribution in [2.75, 3.05) is 6.61 Å². The zero-order valence-corrected chi connectivity index (χ0v) is 7.45. The SMILES string of the molecule is C=Bc1cnc(C)c(OCC#N)c1. The van der Waals surface area contributed by atoms with Crippen LogP contribution >= 0.6 is 0 Å². The molecule has 0 unspecified atom stereocenters. The van der Waals surface area contributed by atoms with Gasteiger partial charge in [0.2, 0.25) is 0 Å². The second-order valence-electron chi connectivity index (χ2n) is 2.50. The van der Waals surface area contributed by atoms with E-state index in [1.54, 1.807) is 13.1 Å². The molecule has 64 valence electrons. The molecule has 1 heterocycles. The molecule has 1 aromatic heterocycles. The first-order valence-corrected chi connectivity index (χ1v) is 3.86. The van der Waals surface area contributed by atoms with E-state index in [-0.39, 0.29) is 6.61 Å². The normalized spacial score (nSPS) is 8.62. The van der Waals surface area contributed by atoms with Gasteiger partial charge in [-0.25, -0.2) is 0 Å². The summed E-state index contributed by atoms with van der Waals surface area (Å²) < 4.78 is 5.16. The van der Waals surface area contributed by atoms with E-state index >= 15 is 0 Å². The maximum absolute atomic E-state index is 8.33. The Hall–Kier alpha value is -1.63. The van der Waals surface area contributed by atoms with Gasteiger partial charge in [-0.2, -0.15) is 0 Å². The summed E-state index contributed by atoms with van der Waals surface area (Å²) >= 11 is 0. The minimum atomic E-state index is 0.0448. The molecule has 0 fully saturated rings. The molecule has 13 heavy (non-hydrogen) atoms. The molecule has 0 atom stereocenters. The van der Waals surface area contributed by atoms with Crippen molar-refractivity contribution in [3.8, 4) is 11.8 Å². The molecule has 0 radical (unpaired) electrons. The quantitative estimate of drug-likeness (QED) is 0.605. The molecule has 0 aliphatic heterocycles. The Morgan fingerprint density at radius 1 is 1.77 bits per heavy atom. The van der Waals surface area contributed by atoms with Crippen molar-refractivity contribution in [3.05, 3.63) is 18.0 Å². The predicted molar refractivity (Wildman–Crippen MR) is 52.6 cm³/mol. The Balaban J connectivity index is 2.91. The number of pyridine rings is 1. The molecule has 3 nitrogen and oxygen atoms in total. The van der Waals surface area contributed by atoms with Crippen molar-refractivity contribution in [1.29, 1.82) is 5.26 Å². The van der Waals surface area contributed by atoms with Crippen LogP contribution in [0.3, 0.4) is 0 Å². The molecule has 0 amide bonds. The third kappa shape index (κ3) is 2.41. The van der Waals surface area contributed by atoms with E-state index in [0.717, 1.165) is 11.2 Å². The van der Waals surface area contributed by atoms with Gasteiger partial charge in [0.05, 0.1) is 0 Å². The van der Waals surface area contributed by atoms with E-state index in [2.05, 4.69) is 11.5 Å². The minimum absolute atomic E-state index is 0.0448. The van der Waals surface area contributed by atoms with Crippen LogP contribution in [0.2, 0.25) is 0 Å². The van der Waals surface area contributed by atoms with Gasteiger partial charge in [-0.15, -0.1) is 0 Å². The van der Waals surface area contributed by atoms with Gasteiger partial charge >= 0.3 is 77.1 Å². The van der Waals surface area contributed by atoms with Crippen LogP contribution in [0, 0.1) is 18.3 Å².